The zero-order valence-corrected chi connectivity index (χ0v) is 21.5. The molecule has 5 unspecified atom stereocenters. The van der Waals surface area contributed by atoms with Crippen LogP contribution in [0.15, 0.2) is 47.3 Å². The van der Waals surface area contributed by atoms with Gasteiger partial charge < -0.3 is 14.9 Å². The van der Waals surface area contributed by atoms with Crippen molar-refractivity contribution in [2.45, 2.75) is 123 Å². The second-order valence-corrected chi connectivity index (χ2v) is 11.2. The molecule has 0 radical (unpaired) electrons. The average molecular weight is 445 g/mol. The minimum Gasteiger partial charge on any atom is -0.513 e. The SMILES string of the molecule is C=C(O)C(C)CCCC(C)(O)CCC/C(C)=C/CCC1(C)CCC2=CC=C(C)C(C)C2O1. The summed E-state index contributed by atoms with van der Waals surface area (Å²) >= 11 is 0. The minimum atomic E-state index is -0.630. The van der Waals surface area contributed by atoms with Crippen LogP contribution in [-0.4, -0.2) is 27.5 Å². The lowest BCUT2D eigenvalue weighted by Crippen LogP contribution is -2.43. The molecular weight excluding hydrogens is 396 g/mol. The lowest BCUT2D eigenvalue weighted by Gasteiger charge is -2.44. The summed E-state index contributed by atoms with van der Waals surface area (Å²) in [5.41, 5.74) is 3.63. The van der Waals surface area contributed by atoms with E-state index in [9.17, 15) is 10.2 Å². The van der Waals surface area contributed by atoms with Crippen LogP contribution in [0.1, 0.15) is 106 Å². The maximum atomic E-state index is 10.7. The summed E-state index contributed by atoms with van der Waals surface area (Å²) in [6.45, 7) is 16.5. The summed E-state index contributed by atoms with van der Waals surface area (Å²) in [6, 6.07) is 0. The lowest BCUT2D eigenvalue weighted by molar-refractivity contribution is -0.110. The molecule has 0 amide bonds. The van der Waals surface area contributed by atoms with Crippen molar-refractivity contribution in [1.29, 1.82) is 0 Å². The van der Waals surface area contributed by atoms with Gasteiger partial charge >= 0.3 is 0 Å². The Labute approximate surface area is 197 Å². The highest BCUT2D eigenvalue weighted by atomic mass is 16.5. The fraction of sp³-hybridized carbons (Fsp3) is 0.724. The van der Waals surface area contributed by atoms with Crippen molar-refractivity contribution >= 4 is 0 Å². The molecule has 1 aliphatic carbocycles. The van der Waals surface area contributed by atoms with Gasteiger partial charge in [-0.25, -0.2) is 0 Å². The number of hydrogen-bond acceptors (Lipinski definition) is 3. The zero-order valence-electron chi connectivity index (χ0n) is 21.5. The highest BCUT2D eigenvalue weighted by Gasteiger charge is 2.38. The van der Waals surface area contributed by atoms with Crippen molar-refractivity contribution in [3.63, 3.8) is 0 Å². The van der Waals surface area contributed by atoms with Crippen molar-refractivity contribution < 1.29 is 14.9 Å². The minimum absolute atomic E-state index is 0.0364. The van der Waals surface area contributed by atoms with E-state index in [1.807, 2.05) is 13.8 Å². The number of fused-ring (bicyclic) bond motifs is 1. The Hall–Kier alpha value is -1.32. The van der Waals surface area contributed by atoms with Gasteiger partial charge in [-0.15, -0.1) is 0 Å². The molecule has 0 aromatic heterocycles. The smallest absolute Gasteiger partial charge is 0.0879 e. The summed E-state index contributed by atoms with van der Waals surface area (Å²) in [5.74, 6) is 0.829. The molecule has 1 fully saturated rings. The van der Waals surface area contributed by atoms with Crippen LogP contribution in [0, 0.1) is 11.8 Å². The van der Waals surface area contributed by atoms with Gasteiger partial charge in [0.2, 0.25) is 0 Å². The summed E-state index contributed by atoms with van der Waals surface area (Å²) in [7, 11) is 0. The number of aliphatic hydroxyl groups excluding tert-OH is 1. The van der Waals surface area contributed by atoms with Crippen LogP contribution >= 0.6 is 0 Å². The first kappa shape index (κ1) is 26.9. The van der Waals surface area contributed by atoms with Crippen LogP contribution in [0.4, 0.5) is 0 Å². The Morgan fingerprint density at radius 3 is 2.72 bits per heavy atom. The van der Waals surface area contributed by atoms with Gasteiger partial charge in [-0.1, -0.05) is 49.8 Å². The van der Waals surface area contributed by atoms with Crippen molar-refractivity contribution in [2.75, 3.05) is 0 Å². The Bertz CT molecular complexity index is 727. The number of ether oxygens (including phenoxy) is 1. The molecule has 0 saturated carbocycles. The van der Waals surface area contributed by atoms with Gasteiger partial charge in [0.25, 0.3) is 0 Å². The lowest BCUT2D eigenvalue weighted by atomic mass is 9.78. The third kappa shape index (κ3) is 8.23. The average Bonchev–Trinajstić information content (AvgIpc) is 2.70. The molecule has 2 rings (SSSR count). The Balaban J connectivity index is 1.70. The van der Waals surface area contributed by atoms with E-state index in [0.717, 1.165) is 64.2 Å². The molecular formula is C29H48O3. The first-order valence-electron chi connectivity index (χ1n) is 12.7. The molecule has 3 heteroatoms. The van der Waals surface area contributed by atoms with E-state index >= 15 is 0 Å². The molecule has 2 N–H and O–H groups in total. The van der Waals surface area contributed by atoms with Gasteiger partial charge in [-0.3, -0.25) is 0 Å². The molecule has 32 heavy (non-hydrogen) atoms. The third-order valence-corrected chi connectivity index (χ3v) is 7.83. The summed E-state index contributed by atoms with van der Waals surface area (Å²) < 4.78 is 6.64. The van der Waals surface area contributed by atoms with E-state index in [4.69, 9.17) is 4.74 Å². The van der Waals surface area contributed by atoms with E-state index in [1.165, 1.54) is 16.7 Å². The second kappa shape index (κ2) is 11.7. The number of rotatable bonds is 12. The maximum absolute atomic E-state index is 10.7. The molecule has 0 spiro atoms. The molecule has 1 saturated heterocycles. The van der Waals surface area contributed by atoms with Crippen LogP contribution in [0.2, 0.25) is 0 Å². The van der Waals surface area contributed by atoms with Crippen LogP contribution in [0.25, 0.3) is 0 Å². The van der Waals surface area contributed by atoms with Crippen molar-refractivity contribution in [2.24, 2.45) is 11.8 Å². The van der Waals surface area contributed by atoms with Gasteiger partial charge in [0.15, 0.2) is 0 Å². The Morgan fingerprint density at radius 2 is 2.03 bits per heavy atom. The van der Waals surface area contributed by atoms with Gasteiger partial charge in [0.05, 0.1) is 23.1 Å². The van der Waals surface area contributed by atoms with Crippen molar-refractivity contribution in [3.05, 3.63) is 47.3 Å². The predicted molar refractivity (Wildman–Crippen MR) is 136 cm³/mol. The Kier molecular flexibility index (Phi) is 9.85. The molecule has 1 aliphatic heterocycles. The fourth-order valence-corrected chi connectivity index (χ4v) is 4.96. The zero-order chi connectivity index (χ0) is 23.9. The molecule has 3 nitrogen and oxygen atoms in total. The topological polar surface area (TPSA) is 49.7 Å². The van der Waals surface area contributed by atoms with Gasteiger partial charge in [0.1, 0.15) is 0 Å². The molecule has 182 valence electrons. The van der Waals surface area contributed by atoms with E-state index in [-0.39, 0.29) is 23.4 Å². The normalized spacial score (nSPS) is 28.9. The number of hydrogen-bond donors (Lipinski definition) is 2. The summed E-state index contributed by atoms with van der Waals surface area (Å²) in [4.78, 5) is 0. The molecule has 5 atom stereocenters. The highest BCUT2D eigenvalue weighted by Crippen LogP contribution is 2.41. The third-order valence-electron chi connectivity index (χ3n) is 7.83. The quantitative estimate of drug-likeness (QED) is 0.237. The van der Waals surface area contributed by atoms with Gasteiger partial charge in [-0.05, 0) is 97.5 Å². The van der Waals surface area contributed by atoms with Crippen molar-refractivity contribution in [3.8, 4) is 0 Å². The van der Waals surface area contributed by atoms with Crippen LogP contribution in [-0.2, 0) is 4.74 Å². The van der Waals surface area contributed by atoms with Crippen LogP contribution < -0.4 is 0 Å². The van der Waals surface area contributed by atoms with E-state index in [1.54, 1.807) is 0 Å². The molecule has 0 aromatic rings. The van der Waals surface area contributed by atoms with Gasteiger partial charge in [0, 0.05) is 11.8 Å². The maximum Gasteiger partial charge on any atom is 0.0879 e. The number of allylic oxidation sites excluding steroid dienone is 5. The van der Waals surface area contributed by atoms with E-state index < -0.39 is 5.60 Å². The molecule has 0 aromatic carbocycles. The van der Waals surface area contributed by atoms with E-state index in [0.29, 0.717) is 5.92 Å². The van der Waals surface area contributed by atoms with Crippen molar-refractivity contribution in [1.82, 2.24) is 0 Å². The molecule has 0 bridgehead atoms. The first-order chi connectivity index (χ1) is 14.9. The monoisotopic (exact) mass is 444 g/mol. The molecule has 1 heterocycles. The number of aliphatic hydroxyl groups is 2. The van der Waals surface area contributed by atoms with Crippen LogP contribution in [0.3, 0.4) is 0 Å². The van der Waals surface area contributed by atoms with E-state index in [2.05, 4.69) is 52.5 Å². The van der Waals surface area contributed by atoms with Crippen LogP contribution in [0.5, 0.6) is 0 Å². The summed E-state index contributed by atoms with van der Waals surface area (Å²) in [5, 5.41) is 20.1. The highest BCUT2D eigenvalue weighted by molar-refractivity contribution is 5.30. The Morgan fingerprint density at radius 1 is 1.34 bits per heavy atom. The largest absolute Gasteiger partial charge is 0.513 e. The fourth-order valence-electron chi connectivity index (χ4n) is 4.96. The standard InChI is InChI=1S/C29H48O3/c1-21(11-8-17-28(6,31)18-10-13-23(3)25(5)30)12-9-19-29(7)20-16-26-15-14-22(2)24(4)27(26)32-29/h12,14-15,23-24,27,30-31H,5,8-11,13,16-20H2,1-4,6-7H3/b21-12+. The summed E-state index contributed by atoms with van der Waals surface area (Å²) in [6.07, 6.45) is 17.0. The predicted octanol–water partition coefficient (Wildman–Crippen LogP) is 7.97. The second-order valence-electron chi connectivity index (χ2n) is 11.2. The first-order valence-corrected chi connectivity index (χ1v) is 12.7. The molecule has 2 aliphatic rings. The van der Waals surface area contributed by atoms with Gasteiger partial charge in [-0.2, -0.15) is 0 Å².